The molecule has 1 aromatic carbocycles. The molecule has 1 aromatic heterocycles. The summed E-state index contributed by atoms with van der Waals surface area (Å²) in [5.74, 6) is -0.299. The van der Waals surface area contributed by atoms with Crippen molar-refractivity contribution < 1.29 is 14.6 Å². The van der Waals surface area contributed by atoms with Gasteiger partial charge in [0.1, 0.15) is 17.4 Å². The van der Waals surface area contributed by atoms with Gasteiger partial charge in [0, 0.05) is 6.54 Å². The van der Waals surface area contributed by atoms with E-state index >= 15 is 0 Å². The summed E-state index contributed by atoms with van der Waals surface area (Å²) in [5, 5.41) is 20.1. The lowest BCUT2D eigenvalue weighted by Gasteiger charge is -2.20. The van der Waals surface area contributed by atoms with Crippen LogP contribution in [0, 0.1) is 32.1 Å². The Balaban J connectivity index is 2.50. The van der Waals surface area contributed by atoms with Crippen molar-refractivity contribution in [3.63, 3.8) is 0 Å². The molecule has 1 atom stereocenters. The molecule has 6 nitrogen and oxygen atoms in total. The summed E-state index contributed by atoms with van der Waals surface area (Å²) in [6, 6.07) is 7.45. The van der Waals surface area contributed by atoms with E-state index in [4.69, 9.17) is 4.74 Å². The number of rotatable bonds is 7. The third-order valence-electron chi connectivity index (χ3n) is 5.01. The maximum Gasteiger partial charge on any atom is 0.271 e. The molecule has 0 fully saturated rings. The van der Waals surface area contributed by atoms with Crippen LogP contribution in [-0.4, -0.2) is 21.6 Å². The molecule has 0 aliphatic rings. The lowest BCUT2D eigenvalue weighted by Crippen LogP contribution is -2.31. The Kier molecular flexibility index (Phi) is 6.63. The number of benzene rings is 1. The summed E-state index contributed by atoms with van der Waals surface area (Å²) in [6.07, 6.45) is 0.550. The third-order valence-corrected chi connectivity index (χ3v) is 5.01. The van der Waals surface area contributed by atoms with Gasteiger partial charge >= 0.3 is 0 Å². The molecule has 1 unspecified atom stereocenters. The Morgan fingerprint density at radius 1 is 1.29 bits per heavy atom. The molecule has 2 aromatic rings. The highest BCUT2D eigenvalue weighted by molar-refractivity contribution is 6.03. The molecule has 2 rings (SSSR count). The number of nitrogens with zero attached hydrogens (tertiary/aromatic N) is 2. The van der Waals surface area contributed by atoms with Gasteiger partial charge in [-0.2, -0.15) is 5.26 Å². The maximum atomic E-state index is 13.1. The Morgan fingerprint density at radius 3 is 2.57 bits per heavy atom. The van der Waals surface area contributed by atoms with Gasteiger partial charge < -0.3 is 9.84 Å². The van der Waals surface area contributed by atoms with Crippen molar-refractivity contribution in [3.05, 3.63) is 56.4 Å². The first kappa shape index (κ1) is 21.2. The van der Waals surface area contributed by atoms with Crippen molar-refractivity contribution in [2.45, 2.75) is 60.1 Å². The summed E-state index contributed by atoms with van der Waals surface area (Å²) in [4.78, 5) is 25.6. The van der Waals surface area contributed by atoms with Crippen LogP contribution in [0.2, 0.25) is 0 Å². The normalized spacial score (nSPS) is 11.7. The van der Waals surface area contributed by atoms with Gasteiger partial charge in [0.05, 0.1) is 5.56 Å². The molecule has 28 heavy (non-hydrogen) atoms. The van der Waals surface area contributed by atoms with Crippen LogP contribution in [0.15, 0.2) is 23.0 Å². The van der Waals surface area contributed by atoms with Gasteiger partial charge in [0.25, 0.3) is 5.56 Å². The van der Waals surface area contributed by atoms with E-state index in [2.05, 4.69) is 0 Å². The summed E-state index contributed by atoms with van der Waals surface area (Å²) < 4.78 is 6.95. The Hall–Kier alpha value is -3.07. The Morgan fingerprint density at radius 2 is 1.96 bits per heavy atom. The third kappa shape index (κ3) is 3.94. The van der Waals surface area contributed by atoms with Crippen molar-refractivity contribution >= 4 is 5.78 Å². The van der Waals surface area contributed by atoms with E-state index in [1.807, 2.05) is 39.0 Å². The van der Waals surface area contributed by atoms with Crippen molar-refractivity contribution in [2.75, 3.05) is 0 Å². The first-order chi connectivity index (χ1) is 13.2. The monoisotopic (exact) mass is 382 g/mol. The van der Waals surface area contributed by atoms with Crippen LogP contribution in [0.3, 0.4) is 0 Å². The molecule has 0 spiro atoms. The fraction of sp³-hybridized carbons (Fsp3) is 0.409. The van der Waals surface area contributed by atoms with E-state index in [-0.39, 0.29) is 23.2 Å². The fourth-order valence-corrected chi connectivity index (χ4v) is 3.07. The topological polar surface area (TPSA) is 92.3 Å². The fourth-order valence-electron chi connectivity index (χ4n) is 3.07. The summed E-state index contributed by atoms with van der Waals surface area (Å²) >= 11 is 0. The summed E-state index contributed by atoms with van der Waals surface area (Å²) in [7, 11) is 0. The Labute approximate surface area is 165 Å². The van der Waals surface area contributed by atoms with Crippen molar-refractivity contribution in [1.82, 2.24) is 4.57 Å². The van der Waals surface area contributed by atoms with Crippen LogP contribution in [0.5, 0.6) is 11.6 Å². The minimum atomic E-state index is -0.895. The van der Waals surface area contributed by atoms with Crippen LogP contribution in [-0.2, 0) is 6.54 Å². The predicted octanol–water partition coefficient (Wildman–Crippen LogP) is 3.80. The zero-order valence-electron chi connectivity index (χ0n) is 17.0. The second-order valence-electron chi connectivity index (χ2n) is 6.94. The number of aromatic nitrogens is 1. The van der Waals surface area contributed by atoms with Crippen molar-refractivity contribution in [1.29, 1.82) is 5.26 Å². The van der Waals surface area contributed by atoms with Crippen LogP contribution in [0.4, 0.5) is 0 Å². The number of hydrogen-bond acceptors (Lipinski definition) is 5. The van der Waals surface area contributed by atoms with Crippen LogP contribution in [0.25, 0.3) is 0 Å². The minimum absolute atomic E-state index is 0.0370. The lowest BCUT2D eigenvalue weighted by molar-refractivity contribution is 0.0811. The van der Waals surface area contributed by atoms with Gasteiger partial charge in [-0.25, -0.2) is 0 Å². The zero-order chi connectivity index (χ0) is 21.0. The number of nitriles is 1. The van der Waals surface area contributed by atoms with E-state index < -0.39 is 23.3 Å². The number of Topliss-reactive ketones (excluding diaryl/α,β-unsaturated/α-hetero) is 1. The van der Waals surface area contributed by atoms with E-state index in [1.165, 1.54) is 6.92 Å². The zero-order valence-corrected chi connectivity index (χ0v) is 17.0. The molecule has 0 saturated carbocycles. The van der Waals surface area contributed by atoms with Gasteiger partial charge in [-0.15, -0.1) is 0 Å². The molecular weight excluding hydrogens is 356 g/mol. The van der Waals surface area contributed by atoms with Crippen molar-refractivity contribution in [3.8, 4) is 17.7 Å². The van der Waals surface area contributed by atoms with Crippen LogP contribution >= 0.6 is 0 Å². The lowest BCUT2D eigenvalue weighted by atomic mass is 9.99. The summed E-state index contributed by atoms with van der Waals surface area (Å²) in [6.45, 7) is 9.14. The van der Waals surface area contributed by atoms with Crippen molar-refractivity contribution in [2.24, 2.45) is 0 Å². The maximum absolute atomic E-state index is 13.1. The number of unbranched alkanes of at least 4 members (excludes halogenated alkanes) is 1. The number of carbonyl (C=O) groups is 1. The second kappa shape index (κ2) is 8.75. The standard InChI is InChI=1S/C22H26N2O4/c1-6-7-11-24-21(26)17(12-23)15(4)19(22(24)27)20(25)16(5)28-18-10-8-9-13(2)14(18)3/h8-10,16,27H,6-7,11H2,1-5H3. The average Bonchev–Trinajstić information content (AvgIpc) is 2.65. The largest absolute Gasteiger partial charge is 0.494 e. The number of pyridine rings is 1. The number of hydrogen-bond donors (Lipinski definition) is 1. The smallest absolute Gasteiger partial charge is 0.271 e. The van der Waals surface area contributed by atoms with E-state index in [1.54, 1.807) is 13.0 Å². The Bertz CT molecular complexity index is 999. The van der Waals surface area contributed by atoms with Crippen LogP contribution < -0.4 is 10.3 Å². The van der Waals surface area contributed by atoms with Gasteiger partial charge in [0.2, 0.25) is 11.7 Å². The number of aromatic hydroxyl groups is 1. The molecule has 0 radical (unpaired) electrons. The highest BCUT2D eigenvalue weighted by Gasteiger charge is 2.28. The highest BCUT2D eigenvalue weighted by atomic mass is 16.5. The molecule has 6 heteroatoms. The number of ketones is 1. The quantitative estimate of drug-likeness (QED) is 0.735. The highest BCUT2D eigenvalue weighted by Crippen LogP contribution is 2.27. The average molecular weight is 382 g/mol. The first-order valence-corrected chi connectivity index (χ1v) is 9.38. The molecule has 0 aliphatic heterocycles. The predicted molar refractivity (Wildman–Crippen MR) is 107 cm³/mol. The molecule has 1 N–H and O–H groups in total. The first-order valence-electron chi connectivity index (χ1n) is 9.38. The molecule has 0 saturated heterocycles. The number of carbonyl (C=O) groups excluding carboxylic acids is 1. The molecular formula is C22H26N2O4. The molecule has 0 bridgehead atoms. The van der Waals surface area contributed by atoms with Gasteiger partial charge in [-0.1, -0.05) is 25.5 Å². The SMILES string of the molecule is CCCCn1c(O)c(C(=O)C(C)Oc2cccc(C)c2C)c(C)c(C#N)c1=O. The molecule has 0 amide bonds. The van der Waals surface area contributed by atoms with Crippen LogP contribution in [0.1, 0.15) is 59.3 Å². The van der Waals surface area contributed by atoms with Gasteiger partial charge in [-0.05, 0) is 56.9 Å². The molecule has 0 aliphatic carbocycles. The van der Waals surface area contributed by atoms with E-state index in [9.17, 15) is 20.0 Å². The second-order valence-corrected chi connectivity index (χ2v) is 6.94. The van der Waals surface area contributed by atoms with Gasteiger partial charge in [-0.3, -0.25) is 14.2 Å². The minimum Gasteiger partial charge on any atom is -0.494 e. The summed E-state index contributed by atoms with van der Waals surface area (Å²) in [5.41, 5.74) is 1.40. The molecule has 1 heterocycles. The van der Waals surface area contributed by atoms with Gasteiger partial charge in [0.15, 0.2) is 6.10 Å². The number of ether oxygens (including phenoxy) is 1. The van der Waals surface area contributed by atoms with E-state index in [0.29, 0.717) is 12.2 Å². The number of aryl methyl sites for hydroxylation is 1. The molecule has 148 valence electrons. The van der Waals surface area contributed by atoms with E-state index in [0.717, 1.165) is 22.1 Å².